The summed E-state index contributed by atoms with van der Waals surface area (Å²) in [5, 5.41) is 5.79. The molecule has 1 aliphatic heterocycles. The number of pyridine rings is 1. The van der Waals surface area contributed by atoms with Crippen molar-refractivity contribution < 1.29 is 27.5 Å². The van der Waals surface area contributed by atoms with Gasteiger partial charge in [-0.05, 0) is 53.9 Å². The number of hydrogen-bond acceptors (Lipinski definition) is 5. The fraction of sp³-hybridized carbons (Fsp3) is 0.208. The minimum Gasteiger partial charge on any atom is -0.406 e. The second-order valence-electron chi connectivity index (χ2n) is 7.63. The Morgan fingerprint density at radius 1 is 1.12 bits per heavy atom. The Balaban J connectivity index is 1.49. The van der Waals surface area contributed by atoms with E-state index in [9.17, 15) is 22.8 Å². The van der Waals surface area contributed by atoms with E-state index in [2.05, 4.69) is 20.4 Å². The van der Waals surface area contributed by atoms with Crippen LogP contribution in [0.15, 0.2) is 60.8 Å². The summed E-state index contributed by atoms with van der Waals surface area (Å²) in [4.78, 5) is 30.8. The molecule has 1 fully saturated rings. The summed E-state index contributed by atoms with van der Waals surface area (Å²) in [7, 11) is 0. The Kier molecular flexibility index (Phi) is 6.51. The van der Waals surface area contributed by atoms with Crippen LogP contribution in [0.5, 0.6) is 5.75 Å². The first-order valence-corrected chi connectivity index (χ1v) is 10.5. The number of nitrogens with one attached hydrogen (secondary N) is 2. The van der Waals surface area contributed by atoms with Crippen LogP contribution >= 0.6 is 0 Å². The number of rotatable bonds is 5. The van der Waals surface area contributed by atoms with Gasteiger partial charge in [-0.2, -0.15) is 0 Å². The van der Waals surface area contributed by atoms with Gasteiger partial charge in [-0.15, -0.1) is 13.2 Å². The van der Waals surface area contributed by atoms with Crippen molar-refractivity contribution in [3.63, 3.8) is 0 Å². The molecule has 2 heterocycles. The Labute approximate surface area is 193 Å². The number of benzene rings is 2. The Morgan fingerprint density at radius 2 is 1.88 bits per heavy atom. The van der Waals surface area contributed by atoms with Crippen LogP contribution in [0.1, 0.15) is 15.9 Å². The first kappa shape index (κ1) is 23.2. The minimum absolute atomic E-state index is 0.0685. The van der Waals surface area contributed by atoms with Gasteiger partial charge in [0.05, 0.1) is 18.4 Å². The van der Waals surface area contributed by atoms with Crippen molar-refractivity contribution in [2.45, 2.75) is 13.3 Å². The highest BCUT2D eigenvalue weighted by atomic mass is 19.4. The van der Waals surface area contributed by atoms with Crippen molar-refractivity contribution in [2.75, 3.05) is 29.9 Å². The number of halogens is 3. The standard InChI is InChI=1S/C24H21F3N4O3/c1-15-19(16-5-8-18(9-6-16)34-24(25,26)27)3-2-4-20(15)23(33)30-17-7-10-21(29-13-17)31-12-11-28-14-22(31)32/h2-10,13,28H,11-12,14H2,1H3,(H,30,33). The molecule has 1 aromatic heterocycles. The van der Waals surface area contributed by atoms with Crippen molar-refractivity contribution >= 4 is 23.3 Å². The molecule has 176 valence electrons. The molecule has 0 atom stereocenters. The molecule has 0 saturated carbocycles. The van der Waals surface area contributed by atoms with E-state index in [-0.39, 0.29) is 24.1 Å². The first-order chi connectivity index (χ1) is 16.2. The largest absolute Gasteiger partial charge is 0.573 e. The van der Waals surface area contributed by atoms with E-state index in [1.54, 1.807) is 42.2 Å². The molecule has 1 saturated heterocycles. The lowest BCUT2D eigenvalue weighted by Gasteiger charge is -2.26. The van der Waals surface area contributed by atoms with E-state index in [4.69, 9.17) is 0 Å². The molecular formula is C24H21F3N4O3. The third-order valence-corrected chi connectivity index (χ3v) is 5.35. The predicted octanol–water partition coefficient (Wildman–Crippen LogP) is 4.14. The van der Waals surface area contributed by atoms with E-state index in [0.717, 1.165) is 0 Å². The Morgan fingerprint density at radius 3 is 2.53 bits per heavy atom. The summed E-state index contributed by atoms with van der Waals surface area (Å²) >= 11 is 0. The van der Waals surface area contributed by atoms with Gasteiger partial charge in [0, 0.05) is 18.7 Å². The van der Waals surface area contributed by atoms with E-state index >= 15 is 0 Å². The highest BCUT2D eigenvalue weighted by Crippen LogP contribution is 2.30. The zero-order valence-corrected chi connectivity index (χ0v) is 18.1. The molecule has 0 unspecified atom stereocenters. The lowest BCUT2D eigenvalue weighted by molar-refractivity contribution is -0.274. The monoisotopic (exact) mass is 470 g/mol. The van der Waals surface area contributed by atoms with Crippen LogP contribution in [0.25, 0.3) is 11.1 Å². The van der Waals surface area contributed by atoms with E-state index in [1.807, 2.05) is 0 Å². The second-order valence-corrected chi connectivity index (χ2v) is 7.63. The molecule has 2 N–H and O–H groups in total. The van der Waals surface area contributed by atoms with Gasteiger partial charge >= 0.3 is 6.36 Å². The summed E-state index contributed by atoms with van der Waals surface area (Å²) in [5.41, 5.74) is 2.90. The van der Waals surface area contributed by atoms with Gasteiger partial charge in [-0.1, -0.05) is 24.3 Å². The van der Waals surface area contributed by atoms with Gasteiger partial charge in [0.1, 0.15) is 11.6 Å². The summed E-state index contributed by atoms with van der Waals surface area (Å²) in [6, 6.07) is 14.0. The zero-order valence-electron chi connectivity index (χ0n) is 18.1. The minimum atomic E-state index is -4.76. The molecular weight excluding hydrogens is 449 g/mol. The van der Waals surface area contributed by atoms with Crippen LogP contribution in [0.3, 0.4) is 0 Å². The number of ether oxygens (including phenoxy) is 1. The third-order valence-electron chi connectivity index (χ3n) is 5.35. The molecule has 2 aromatic carbocycles. The SMILES string of the molecule is Cc1c(C(=O)Nc2ccc(N3CCNCC3=O)nc2)cccc1-c1ccc(OC(F)(F)F)cc1. The van der Waals surface area contributed by atoms with Crippen LogP contribution in [-0.2, 0) is 4.79 Å². The lowest BCUT2D eigenvalue weighted by Crippen LogP contribution is -2.48. The van der Waals surface area contributed by atoms with Crippen molar-refractivity contribution in [3.05, 3.63) is 71.9 Å². The van der Waals surface area contributed by atoms with Crippen molar-refractivity contribution in [1.82, 2.24) is 10.3 Å². The Hall–Kier alpha value is -3.92. The lowest BCUT2D eigenvalue weighted by atomic mass is 9.96. The third kappa shape index (κ3) is 5.34. The van der Waals surface area contributed by atoms with Crippen molar-refractivity contribution in [3.8, 4) is 16.9 Å². The number of nitrogens with zero attached hydrogens (tertiary/aromatic N) is 2. The number of alkyl halides is 3. The predicted molar refractivity (Wildman–Crippen MR) is 121 cm³/mol. The topological polar surface area (TPSA) is 83.6 Å². The average molecular weight is 470 g/mol. The van der Waals surface area contributed by atoms with Gasteiger partial charge in [0.25, 0.3) is 5.91 Å². The van der Waals surface area contributed by atoms with Crippen LogP contribution < -0.4 is 20.3 Å². The van der Waals surface area contributed by atoms with Crippen molar-refractivity contribution in [2.24, 2.45) is 0 Å². The number of carbonyl (C=O) groups excluding carboxylic acids is 2. The number of piperazine rings is 1. The average Bonchev–Trinajstić information content (AvgIpc) is 2.80. The summed E-state index contributed by atoms with van der Waals surface area (Å²) in [6.07, 6.45) is -3.27. The summed E-state index contributed by atoms with van der Waals surface area (Å²) in [5.74, 6) is -0.230. The zero-order chi connectivity index (χ0) is 24.3. The van der Waals surface area contributed by atoms with Gasteiger partial charge in [-0.3, -0.25) is 14.5 Å². The molecule has 0 radical (unpaired) electrons. The molecule has 0 spiro atoms. The van der Waals surface area contributed by atoms with E-state index < -0.39 is 6.36 Å². The fourth-order valence-electron chi connectivity index (χ4n) is 3.70. The first-order valence-electron chi connectivity index (χ1n) is 10.5. The number of carbonyl (C=O) groups is 2. The van der Waals surface area contributed by atoms with Gasteiger partial charge in [0.15, 0.2) is 0 Å². The van der Waals surface area contributed by atoms with Crippen LogP contribution in [0.4, 0.5) is 24.7 Å². The van der Waals surface area contributed by atoms with E-state index in [1.165, 1.54) is 30.5 Å². The summed E-state index contributed by atoms with van der Waals surface area (Å²) in [6.45, 7) is 3.22. The maximum absolute atomic E-state index is 12.9. The van der Waals surface area contributed by atoms with Crippen LogP contribution in [-0.4, -0.2) is 42.8 Å². The van der Waals surface area contributed by atoms with Gasteiger partial charge in [-0.25, -0.2) is 4.98 Å². The van der Waals surface area contributed by atoms with Crippen molar-refractivity contribution in [1.29, 1.82) is 0 Å². The number of anilines is 2. The quantitative estimate of drug-likeness (QED) is 0.586. The molecule has 1 aliphatic rings. The van der Waals surface area contributed by atoms with Gasteiger partial charge < -0.3 is 15.4 Å². The molecule has 0 aliphatic carbocycles. The van der Waals surface area contributed by atoms with E-state index in [0.29, 0.717) is 46.8 Å². The number of amides is 2. The number of aromatic nitrogens is 1. The summed E-state index contributed by atoms with van der Waals surface area (Å²) < 4.78 is 41.1. The smallest absolute Gasteiger partial charge is 0.406 e. The molecule has 3 aromatic rings. The molecule has 2 amide bonds. The van der Waals surface area contributed by atoms with Crippen LogP contribution in [0, 0.1) is 6.92 Å². The Bertz CT molecular complexity index is 1200. The highest BCUT2D eigenvalue weighted by molar-refractivity contribution is 6.06. The highest BCUT2D eigenvalue weighted by Gasteiger charge is 2.31. The molecule has 34 heavy (non-hydrogen) atoms. The second kappa shape index (κ2) is 9.52. The molecule has 0 bridgehead atoms. The maximum atomic E-state index is 12.9. The maximum Gasteiger partial charge on any atom is 0.573 e. The van der Waals surface area contributed by atoms with Gasteiger partial charge in [0.2, 0.25) is 5.91 Å². The number of hydrogen-bond donors (Lipinski definition) is 2. The molecule has 7 nitrogen and oxygen atoms in total. The fourth-order valence-corrected chi connectivity index (χ4v) is 3.70. The molecule has 4 rings (SSSR count). The molecule has 10 heteroatoms. The van der Waals surface area contributed by atoms with Crippen LogP contribution in [0.2, 0.25) is 0 Å². The normalized spacial score (nSPS) is 14.1.